The SMILES string of the molecule is c1n[nH]c(-c2noc(C3CCNC3)n2)n1. The number of rotatable bonds is 2. The van der Waals surface area contributed by atoms with E-state index in [1.54, 1.807) is 0 Å². The van der Waals surface area contributed by atoms with Gasteiger partial charge in [0, 0.05) is 6.54 Å². The van der Waals surface area contributed by atoms with Gasteiger partial charge in [0.15, 0.2) is 5.82 Å². The fourth-order valence-corrected chi connectivity index (χ4v) is 1.68. The molecule has 0 amide bonds. The second kappa shape index (κ2) is 3.43. The molecule has 0 saturated carbocycles. The van der Waals surface area contributed by atoms with Gasteiger partial charge in [0.05, 0.1) is 5.92 Å². The number of nitrogens with one attached hydrogen (secondary N) is 2. The van der Waals surface area contributed by atoms with Crippen molar-refractivity contribution in [1.82, 2.24) is 30.6 Å². The molecule has 2 aromatic heterocycles. The smallest absolute Gasteiger partial charge is 0.239 e. The summed E-state index contributed by atoms with van der Waals surface area (Å²) in [5, 5.41) is 13.5. The lowest BCUT2D eigenvalue weighted by atomic mass is 10.1. The average molecular weight is 206 g/mol. The zero-order valence-corrected chi connectivity index (χ0v) is 7.97. The lowest BCUT2D eigenvalue weighted by Crippen LogP contribution is -2.08. The Balaban J connectivity index is 1.87. The second-order valence-corrected chi connectivity index (χ2v) is 3.48. The molecule has 7 heteroatoms. The van der Waals surface area contributed by atoms with Crippen LogP contribution in [-0.4, -0.2) is 38.4 Å². The molecular formula is C8H10N6O. The third-order valence-corrected chi connectivity index (χ3v) is 2.48. The fourth-order valence-electron chi connectivity index (χ4n) is 1.68. The lowest BCUT2D eigenvalue weighted by molar-refractivity contribution is 0.359. The molecule has 78 valence electrons. The van der Waals surface area contributed by atoms with Crippen molar-refractivity contribution in [3.05, 3.63) is 12.2 Å². The van der Waals surface area contributed by atoms with E-state index in [1.807, 2.05) is 0 Å². The van der Waals surface area contributed by atoms with Crippen LogP contribution in [0.4, 0.5) is 0 Å². The van der Waals surface area contributed by atoms with Gasteiger partial charge < -0.3 is 9.84 Å². The molecule has 3 heterocycles. The van der Waals surface area contributed by atoms with Crippen LogP contribution in [0.15, 0.2) is 10.9 Å². The highest BCUT2D eigenvalue weighted by molar-refractivity contribution is 5.39. The number of aromatic amines is 1. The summed E-state index contributed by atoms with van der Waals surface area (Å²) in [6.07, 6.45) is 2.46. The monoisotopic (exact) mass is 206 g/mol. The molecule has 1 aliphatic heterocycles. The van der Waals surface area contributed by atoms with Crippen molar-refractivity contribution in [3.63, 3.8) is 0 Å². The quantitative estimate of drug-likeness (QED) is 0.714. The Bertz CT molecular complexity index is 430. The van der Waals surface area contributed by atoms with Crippen molar-refractivity contribution in [2.24, 2.45) is 0 Å². The summed E-state index contributed by atoms with van der Waals surface area (Å²) in [5.74, 6) is 2.01. The Kier molecular flexibility index (Phi) is 1.95. The summed E-state index contributed by atoms with van der Waals surface area (Å²) >= 11 is 0. The summed E-state index contributed by atoms with van der Waals surface area (Å²) in [6, 6.07) is 0. The van der Waals surface area contributed by atoms with E-state index in [9.17, 15) is 0 Å². The summed E-state index contributed by atoms with van der Waals surface area (Å²) in [7, 11) is 0. The Morgan fingerprint density at radius 2 is 2.47 bits per heavy atom. The first-order chi connectivity index (χ1) is 7.43. The minimum absolute atomic E-state index is 0.328. The lowest BCUT2D eigenvalue weighted by Gasteiger charge is -1.98. The standard InChI is InChI=1S/C8H10N6O/c1-2-9-3-5(1)8-12-7(14-15-8)6-10-4-11-13-6/h4-5,9H,1-3H2,(H,10,11,13). The molecule has 3 rings (SSSR count). The Hall–Kier alpha value is -1.76. The van der Waals surface area contributed by atoms with Gasteiger partial charge in [-0.3, -0.25) is 5.10 Å². The number of hydrogen-bond acceptors (Lipinski definition) is 6. The third kappa shape index (κ3) is 1.50. The molecule has 0 aliphatic carbocycles. The molecule has 1 atom stereocenters. The van der Waals surface area contributed by atoms with Crippen LogP contribution >= 0.6 is 0 Å². The zero-order valence-electron chi connectivity index (χ0n) is 7.97. The molecule has 1 fully saturated rings. The highest BCUT2D eigenvalue weighted by Gasteiger charge is 2.23. The summed E-state index contributed by atoms with van der Waals surface area (Å²) in [5.41, 5.74) is 0. The van der Waals surface area contributed by atoms with E-state index in [-0.39, 0.29) is 0 Å². The van der Waals surface area contributed by atoms with Gasteiger partial charge in [-0.25, -0.2) is 4.98 Å². The fraction of sp³-hybridized carbons (Fsp3) is 0.500. The maximum Gasteiger partial charge on any atom is 0.239 e. The molecule has 15 heavy (non-hydrogen) atoms. The van der Waals surface area contributed by atoms with E-state index in [4.69, 9.17) is 4.52 Å². The van der Waals surface area contributed by atoms with E-state index < -0.39 is 0 Å². The number of H-pyrrole nitrogens is 1. The molecule has 0 spiro atoms. The average Bonchev–Trinajstić information content (AvgIpc) is 3.02. The van der Waals surface area contributed by atoms with Gasteiger partial charge in [-0.05, 0) is 13.0 Å². The second-order valence-electron chi connectivity index (χ2n) is 3.48. The molecule has 1 saturated heterocycles. The van der Waals surface area contributed by atoms with E-state index in [0.717, 1.165) is 19.5 Å². The number of nitrogens with zero attached hydrogens (tertiary/aromatic N) is 4. The molecule has 2 aromatic rings. The van der Waals surface area contributed by atoms with Crippen LogP contribution in [-0.2, 0) is 0 Å². The van der Waals surface area contributed by atoms with Crippen molar-refractivity contribution in [1.29, 1.82) is 0 Å². The van der Waals surface area contributed by atoms with E-state index in [2.05, 4.69) is 30.6 Å². The van der Waals surface area contributed by atoms with Crippen LogP contribution < -0.4 is 5.32 Å². The van der Waals surface area contributed by atoms with Crippen molar-refractivity contribution < 1.29 is 4.52 Å². The minimum Gasteiger partial charge on any atom is -0.339 e. The van der Waals surface area contributed by atoms with Crippen LogP contribution in [0.2, 0.25) is 0 Å². The predicted octanol–water partition coefficient (Wildman–Crippen LogP) is -0.0684. The first kappa shape index (κ1) is 8.54. The van der Waals surface area contributed by atoms with Crippen molar-refractivity contribution in [2.75, 3.05) is 13.1 Å². The van der Waals surface area contributed by atoms with Gasteiger partial charge in [-0.1, -0.05) is 5.16 Å². The first-order valence-corrected chi connectivity index (χ1v) is 4.83. The molecule has 7 nitrogen and oxygen atoms in total. The molecule has 2 N–H and O–H groups in total. The van der Waals surface area contributed by atoms with E-state index in [1.165, 1.54) is 6.33 Å². The third-order valence-electron chi connectivity index (χ3n) is 2.48. The Morgan fingerprint density at radius 1 is 1.47 bits per heavy atom. The van der Waals surface area contributed by atoms with Crippen LogP contribution in [0.3, 0.4) is 0 Å². The van der Waals surface area contributed by atoms with Crippen LogP contribution in [0.5, 0.6) is 0 Å². The van der Waals surface area contributed by atoms with Gasteiger partial charge >= 0.3 is 0 Å². The maximum absolute atomic E-state index is 5.18. The molecular weight excluding hydrogens is 196 g/mol. The molecule has 0 aromatic carbocycles. The van der Waals surface area contributed by atoms with Gasteiger partial charge in [-0.2, -0.15) is 10.1 Å². The summed E-state index contributed by atoms with van der Waals surface area (Å²) in [6.45, 7) is 1.91. The largest absolute Gasteiger partial charge is 0.339 e. The van der Waals surface area contributed by atoms with Gasteiger partial charge in [0.1, 0.15) is 6.33 Å². The van der Waals surface area contributed by atoms with Crippen molar-refractivity contribution in [3.8, 4) is 11.6 Å². The maximum atomic E-state index is 5.18. The summed E-state index contributed by atoms with van der Waals surface area (Å²) in [4.78, 5) is 8.24. The van der Waals surface area contributed by atoms with Crippen LogP contribution in [0, 0.1) is 0 Å². The highest BCUT2D eigenvalue weighted by Crippen LogP contribution is 2.21. The van der Waals surface area contributed by atoms with Gasteiger partial charge in [-0.15, -0.1) is 0 Å². The predicted molar refractivity (Wildman–Crippen MR) is 49.9 cm³/mol. The van der Waals surface area contributed by atoms with Crippen molar-refractivity contribution in [2.45, 2.75) is 12.3 Å². The topological polar surface area (TPSA) is 92.5 Å². The normalized spacial score (nSPS) is 20.9. The van der Waals surface area contributed by atoms with Crippen LogP contribution in [0.1, 0.15) is 18.2 Å². The number of hydrogen-bond donors (Lipinski definition) is 2. The Morgan fingerprint density at radius 3 is 3.20 bits per heavy atom. The zero-order chi connectivity index (χ0) is 10.1. The van der Waals surface area contributed by atoms with Gasteiger partial charge in [0.2, 0.25) is 11.7 Å². The van der Waals surface area contributed by atoms with Crippen molar-refractivity contribution >= 4 is 0 Å². The summed E-state index contributed by atoms with van der Waals surface area (Å²) < 4.78 is 5.18. The van der Waals surface area contributed by atoms with Gasteiger partial charge in [0.25, 0.3) is 0 Å². The van der Waals surface area contributed by atoms with Crippen LogP contribution in [0.25, 0.3) is 11.6 Å². The molecule has 0 radical (unpaired) electrons. The van der Waals surface area contributed by atoms with E-state index >= 15 is 0 Å². The highest BCUT2D eigenvalue weighted by atomic mass is 16.5. The Labute approximate surface area is 85.3 Å². The minimum atomic E-state index is 0.328. The first-order valence-electron chi connectivity index (χ1n) is 4.83. The molecule has 1 unspecified atom stereocenters. The number of aromatic nitrogens is 5. The molecule has 1 aliphatic rings. The van der Waals surface area contributed by atoms with E-state index in [0.29, 0.717) is 23.5 Å². The molecule has 0 bridgehead atoms.